The van der Waals surface area contributed by atoms with Crippen LogP contribution in [0.1, 0.15) is 0 Å². The lowest BCUT2D eigenvalue weighted by Gasteiger charge is -2.18. The molecule has 0 amide bonds. The van der Waals surface area contributed by atoms with E-state index in [4.69, 9.17) is 4.74 Å². The van der Waals surface area contributed by atoms with Gasteiger partial charge < -0.3 is 15.0 Å². The fourth-order valence-electron chi connectivity index (χ4n) is 1.27. The van der Waals surface area contributed by atoms with E-state index in [2.05, 4.69) is 10.3 Å². The summed E-state index contributed by atoms with van der Waals surface area (Å²) in [6.07, 6.45) is 0. The molecule has 1 aromatic rings. The molecule has 7 heteroatoms. The number of hydrogen-bond donors (Lipinski definition) is 1. The summed E-state index contributed by atoms with van der Waals surface area (Å²) >= 11 is 0. The number of likely N-dealkylation sites (N-methyl/N-ethyl adjacent to an activating group) is 1. The van der Waals surface area contributed by atoms with E-state index in [0.717, 1.165) is 0 Å². The number of pyridine rings is 1. The molecule has 0 saturated heterocycles. The summed E-state index contributed by atoms with van der Waals surface area (Å²) in [7, 11) is 5.09. The molecule has 0 fully saturated rings. The first-order chi connectivity index (χ1) is 8.08. The largest absolute Gasteiger partial charge is 0.383 e. The van der Waals surface area contributed by atoms with Crippen molar-refractivity contribution in [3.63, 3.8) is 0 Å². The quantitative estimate of drug-likeness (QED) is 0.592. The van der Waals surface area contributed by atoms with Gasteiger partial charge in [0.2, 0.25) is 0 Å². The van der Waals surface area contributed by atoms with Gasteiger partial charge in [-0.1, -0.05) is 0 Å². The van der Waals surface area contributed by atoms with Crippen LogP contribution in [-0.4, -0.2) is 44.3 Å². The van der Waals surface area contributed by atoms with E-state index in [1.54, 1.807) is 19.1 Å². The monoisotopic (exact) mass is 240 g/mol. The van der Waals surface area contributed by atoms with Crippen LogP contribution in [0.3, 0.4) is 0 Å². The van der Waals surface area contributed by atoms with E-state index in [1.165, 1.54) is 12.1 Å². The predicted molar refractivity (Wildman–Crippen MR) is 65.6 cm³/mol. The second-order valence-corrected chi connectivity index (χ2v) is 3.49. The molecule has 0 bridgehead atoms. The van der Waals surface area contributed by atoms with Gasteiger partial charge in [-0.3, -0.25) is 10.1 Å². The molecule has 1 rings (SSSR count). The molecule has 0 saturated carbocycles. The minimum Gasteiger partial charge on any atom is -0.383 e. The van der Waals surface area contributed by atoms with Crippen LogP contribution in [0.2, 0.25) is 0 Å². The molecule has 17 heavy (non-hydrogen) atoms. The minimum atomic E-state index is -0.434. The maximum atomic E-state index is 10.8. The summed E-state index contributed by atoms with van der Waals surface area (Å²) in [4.78, 5) is 16.4. The first-order valence-electron chi connectivity index (χ1n) is 5.12. The van der Waals surface area contributed by atoms with Gasteiger partial charge in [0.05, 0.1) is 23.7 Å². The van der Waals surface area contributed by atoms with E-state index in [-0.39, 0.29) is 5.69 Å². The highest BCUT2D eigenvalue weighted by Gasteiger charge is 2.13. The van der Waals surface area contributed by atoms with Crippen molar-refractivity contribution in [1.29, 1.82) is 0 Å². The van der Waals surface area contributed by atoms with Gasteiger partial charge in [0, 0.05) is 27.7 Å². The average molecular weight is 240 g/mol. The Morgan fingerprint density at radius 2 is 2.29 bits per heavy atom. The molecule has 0 aliphatic heterocycles. The van der Waals surface area contributed by atoms with Crippen molar-refractivity contribution >= 4 is 17.3 Å². The zero-order valence-electron chi connectivity index (χ0n) is 10.1. The molecule has 7 nitrogen and oxygen atoms in total. The van der Waals surface area contributed by atoms with Gasteiger partial charge >= 0.3 is 0 Å². The third-order valence-electron chi connectivity index (χ3n) is 2.29. The third kappa shape index (κ3) is 3.56. The lowest BCUT2D eigenvalue weighted by molar-refractivity contribution is -0.384. The molecule has 0 aliphatic rings. The highest BCUT2D eigenvalue weighted by Crippen LogP contribution is 2.22. The van der Waals surface area contributed by atoms with Gasteiger partial charge in [-0.05, 0) is 0 Å². The van der Waals surface area contributed by atoms with Gasteiger partial charge in [0.15, 0.2) is 0 Å². The summed E-state index contributed by atoms with van der Waals surface area (Å²) < 4.78 is 4.95. The van der Waals surface area contributed by atoms with E-state index in [9.17, 15) is 10.1 Å². The number of nitrogens with zero attached hydrogens (tertiary/aromatic N) is 3. The average Bonchev–Trinajstić information content (AvgIpc) is 2.35. The minimum absolute atomic E-state index is 0.0172. The van der Waals surface area contributed by atoms with Crippen molar-refractivity contribution in [2.45, 2.75) is 0 Å². The van der Waals surface area contributed by atoms with Crippen molar-refractivity contribution in [1.82, 2.24) is 4.98 Å². The standard InChI is InChI=1S/C10H16N4O3/c1-11-9-6-8(14(15)16)7-10(12-9)13(2)4-5-17-3/h6-7H,4-5H2,1-3H3,(H,11,12). The molecule has 94 valence electrons. The molecule has 0 aromatic carbocycles. The molecular weight excluding hydrogens is 224 g/mol. The summed E-state index contributed by atoms with van der Waals surface area (Å²) in [5, 5.41) is 13.6. The molecule has 1 N–H and O–H groups in total. The number of methoxy groups -OCH3 is 1. The van der Waals surface area contributed by atoms with Crippen LogP contribution in [0, 0.1) is 10.1 Å². The normalized spacial score (nSPS) is 10.1. The molecule has 1 heterocycles. The zero-order chi connectivity index (χ0) is 12.8. The maximum absolute atomic E-state index is 10.8. The van der Waals surface area contributed by atoms with Crippen LogP contribution >= 0.6 is 0 Å². The molecule has 0 unspecified atom stereocenters. The topological polar surface area (TPSA) is 80.5 Å². The molecule has 0 spiro atoms. The van der Waals surface area contributed by atoms with Crippen molar-refractivity contribution in [3.8, 4) is 0 Å². The predicted octanol–water partition coefficient (Wildman–Crippen LogP) is 1.11. The molecule has 0 aliphatic carbocycles. The zero-order valence-corrected chi connectivity index (χ0v) is 10.1. The highest BCUT2D eigenvalue weighted by atomic mass is 16.6. The Labute approximate surface area is 99.6 Å². The third-order valence-corrected chi connectivity index (χ3v) is 2.29. The number of nitrogens with one attached hydrogen (secondary N) is 1. The van der Waals surface area contributed by atoms with Crippen LogP contribution in [-0.2, 0) is 4.74 Å². The fraction of sp³-hybridized carbons (Fsp3) is 0.500. The van der Waals surface area contributed by atoms with Crippen LogP contribution in [0.25, 0.3) is 0 Å². The van der Waals surface area contributed by atoms with E-state index in [0.29, 0.717) is 24.8 Å². The number of ether oxygens (including phenoxy) is 1. The fourth-order valence-corrected chi connectivity index (χ4v) is 1.27. The Bertz CT molecular complexity index is 397. The van der Waals surface area contributed by atoms with Gasteiger partial charge in [0.1, 0.15) is 11.6 Å². The van der Waals surface area contributed by atoms with Crippen molar-refractivity contribution in [2.24, 2.45) is 0 Å². The number of anilines is 2. The lowest BCUT2D eigenvalue weighted by atomic mass is 10.3. The Hall–Kier alpha value is -1.89. The van der Waals surface area contributed by atoms with Gasteiger partial charge in [-0.2, -0.15) is 0 Å². The van der Waals surface area contributed by atoms with Crippen molar-refractivity contribution < 1.29 is 9.66 Å². The molecule has 0 radical (unpaired) electrons. The van der Waals surface area contributed by atoms with E-state index in [1.807, 2.05) is 7.05 Å². The number of hydrogen-bond acceptors (Lipinski definition) is 6. The summed E-state index contributed by atoms with van der Waals surface area (Å²) in [6, 6.07) is 2.84. The van der Waals surface area contributed by atoms with E-state index >= 15 is 0 Å². The Kier molecular flexibility index (Phi) is 4.65. The lowest BCUT2D eigenvalue weighted by Crippen LogP contribution is -2.23. The van der Waals surface area contributed by atoms with Crippen LogP contribution in [0.5, 0.6) is 0 Å². The highest BCUT2D eigenvalue weighted by molar-refractivity contribution is 5.55. The Morgan fingerprint density at radius 1 is 1.59 bits per heavy atom. The maximum Gasteiger partial charge on any atom is 0.276 e. The van der Waals surface area contributed by atoms with Crippen molar-refractivity contribution in [2.75, 3.05) is 44.6 Å². The van der Waals surface area contributed by atoms with Gasteiger partial charge in [0.25, 0.3) is 5.69 Å². The molecular formula is C10H16N4O3. The summed E-state index contributed by atoms with van der Waals surface area (Å²) in [5.41, 5.74) is 0.0172. The number of rotatable bonds is 6. The van der Waals surface area contributed by atoms with Gasteiger partial charge in [-0.15, -0.1) is 0 Å². The molecule has 1 aromatic heterocycles. The first-order valence-corrected chi connectivity index (χ1v) is 5.12. The Morgan fingerprint density at radius 3 is 2.82 bits per heavy atom. The van der Waals surface area contributed by atoms with Crippen LogP contribution < -0.4 is 10.2 Å². The molecule has 0 atom stereocenters. The van der Waals surface area contributed by atoms with Crippen LogP contribution in [0.15, 0.2) is 12.1 Å². The first kappa shape index (κ1) is 13.2. The smallest absolute Gasteiger partial charge is 0.276 e. The van der Waals surface area contributed by atoms with Crippen LogP contribution in [0.4, 0.5) is 17.3 Å². The number of aromatic nitrogens is 1. The second-order valence-electron chi connectivity index (χ2n) is 3.49. The second kappa shape index (κ2) is 6.00. The van der Waals surface area contributed by atoms with Crippen molar-refractivity contribution in [3.05, 3.63) is 22.2 Å². The van der Waals surface area contributed by atoms with E-state index < -0.39 is 4.92 Å². The number of nitro groups is 1. The van der Waals surface area contributed by atoms with Gasteiger partial charge in [-0.25, -0.2) is 4.98 Å². The summed E-state index contributed by atoms with van der Waals surface area (Å²) in [6.45, 7) is 1.16. The summed E-state index contributed by atoms with van der Waals surface area (Å²) in [5.74, 6) is 1.01. The Balaban J connectivity index is 2.97. The SMILES string of the molecule is CNc1cc([N+](=O)[O-])cc(N(C)CCOC)n1.